The predicted octanol–water partition coefficient (Wildman–Crippen LogP) is 4.65. The lowest BCUT2D eigenvalue weighted by Crippen LogP contribution is -2.20. The zero-order chi connectivity index (χ0) is 16.5. The van der Waals surface area contributed by atoms with Gasteiger partial charge in [0.2, 0.25) is 0 Å². The smallest absolute Gasteiger partial charge is 0.262 e. The van der Waals surface area contributed by atoms with E-state index in [0.29, 0.717) is 12.4 Å². The summed E-state index contributed by atoms with van der Waals surface area (Å²) in [5, 5.41) is 2.79. The number of hydrogen-bond donors (Lipinski definition) is 1. The summed E-state index contributed by atoms with van der Waals surface area (Å²) in [6.45, 7) is 2.80. The summed E-state index contributed by atoms with van der Waals surface area (Å²) in [5.74, 6) is 1.26. The number of anilines is 1. The molecule has 0 heterocycles. The van der Waals surface area contributed by atoms with Crippen LogP contribution >= 0.6 is 15.9 Å². The standard InChI is InChI=1S/C18H20BrNO3/c1-2-3-12-22-16-10-6-15(7-11-16)20-18(21)13-23-17-8-4-14(19)5-9-17/h4-11H,2-3,12-13H2,1H3,(H,20,21). The molecule has 0 saturated heterocycles. The zero-order valence-electron chi connectivity index (χ0n) is 13.0. The number of hydrogen-bond acceptors (Lipinski definition) is 3. The third kappa shape index (κ3) is 6.32. The molecule has 0 saturated carbocycles. The minimum Gasteiger partial charge on any atom is -0.494 e. The molecule has 0 atom stereocenters. The molecule has 0 unspecified atom stereocenters. The zero-order valence-corrected chi connectivity index (χ0v) is 14.6. The Morgan fingerprint density at radius 1 is 1.00 bits per heavy atom. The van der Waals surface area contributed by atoms with Gasteiger partial charge in [0.1, 0.15) is 11.5 Å². The van der Waals surface area contributed by atoms with Crippen molar-refractivity contribution < 1.29 is 14.3 Å². The van der Waals surface area contributed by atoms with Gasteiger partial charge in [0, 0.05) is 10.2 Å². The third-order valence-corrected chi connectivity index (χ3v) is 3.62. The molecule has 0 bridgehead atoms. The van der Waals surface area contributed by atoms with Crippen molar-refractivity contribution >= 4 is 27.5 Å². The minimum absolute atomic E-state index is 0.0314. The normalized spacial score (nSPS) is 10.2. The molecule has 4 nitrogen and oxygen atoms in total. The molecular formula is C18H20BrNO3. The van der Waals surface area contributed by atoms with Crippen LogP contribution in [0.25, 0.3) is 0 Å². The Labute approximate surface area is 144 Å². The van der Waals surface area contributed by atoms with Crippen molar-refractivity contribution in [3.63, 3.8) is 0 Å². The van der Waals surface area contributed by atoms with Crippen molar-refractivity contribution in [3.8, 4) is 11.5 Å². The highest BCUT2D eigenvalue weighted by Gasteiger charge is 2.04. The molecule has 0 aliphatic carbocycles. The molecule has 0 fully saturated rings. The molecule has 1 N–H and O–H groups in total. The fourth-order valence-electron chi connectivity index (χ4n) is 1.85. The van der Waals surface area contributed by atoms with Crippen molar-refractivity contribution in [2.24, 2.45) is 0 Å². The van der Waals surface area contributed by atoms with Gasteiger partial charge in [0.25, 0.3) is 5.91 Å². The van der Waals surface area contributed by atoms with Crippen LogP contribution < -0.4 is 14.8 Å². The van der Waals surface area contributed by atoms with Crippen LogP contribution in [0.15, 0.2) is 53.0 Å². The highest BCUT2D eigenvalue weighted by molar-refractivity contribution is 9.10. The van der Waals surface area contributed by atoms with E-state index in [4.69, 9.17) is 9.47 Å². The van der Waals surface area contributed by atoms with Gasteiger partial charge in [0.15, 0.2) is 6.61 Å². The van der Waals surface area contributed by atoms with E-state index >= 15 is 0 Å². The van der Waals surface area contributed by atoms with Crippen LogP contribution in [0, 0.1) is 0 Å². The van der Waals surface area contributed by atoms with Crippen molar-refractivity contribution in [1.29, 1.82) is 0 Å². The van der Waals surface area contributed by atoms with E-state index in [1.165, 1.54) is 0 Å². The molecule has 2 rings (SSSR count). The second-order valence-corrected chi connectivity index (χ2v) is 5.93. The molecule has 0 aromatic heterocycles. The highest BCUT2D eigenvalue weighted by atomic mass is 79.9. The molecule has 5 heteroatoms. The monoisotopic (exact) mass is 377 g/mol. The highest BCUT2D eigenvalue weighted by Crippen LogP contribution is 2.17. The lowest BCUT2D eigenvalue weighted by Gasteiger charge is -2.09. The molecule has 0 aliphatic rings. The van der Waals surface area contributed by atoms with Crippen LogP contribution in [0.2, 0.25) is 0 Å². The molecule has 0 spiro atoms. The summed E-state index contributed by atoms with van der Waals surface area (Å²) in [4.78, 5) is 11.9. The lowest BCUT2D eigenvalue weighted by atomic mass is 10.3. The lowest BCUT2D eigenvalue weighted by molar-refractivity contribution is -0.118. The molecule has 0 aliphatic heterocycles. The fourth-order valence-corrected chi connectivity index (χ4v) is 2.11. The van der Waals surface area contributed by atoms with Crippen molar-refractivity contribution in [2.75, 3.05) is 18.5 Å². The van der Waals surface area contributed by atoms with Gasteiger partial charge < -0.3 is 14.8 Å². The summed E-state index contributed by atoms with van der Waals surface area (Å²) in [6.07, 6.45) is 2.14. The first-order chi connectivity index (χ1) is 11.2. The van der Waals surface area contributed by atoms with Gasteiger partial charge in [-0.05, 0) is 55.0 Å². The Hall–Kier alpha value is -2.01. The quantitative estimate of drug-likeness (QED) is 0.681. The summed E-state index contributed by atoms with van der Waals surface area (Å²) in [6, 6.07) is 14.7. The first kappa shape index (κ1) is 17.3. The van der Waals surface area contributed by atoms with E-state index in [2.05, 4.69) is 28.2 Å². The van der Waals surface area contributed by atoms with Crippen LogP contribution in [0.1, 0.15) is 19.8 Å². The van der Waals surface area contributed by atoms with Crippen molar-refractivity contribution in [3.05, 3.63) is 53.0 Å². The van der Waals surface area contributed by atoms with E-state index in [-0.39, 0.29) is 12.5 Å². The number of benzene rings is 2. The first-order valence-corrected chi connectivity index (χ1v) is 8.38. The molecule has 2 aromatic rings. The summed E-state index contributed by atoms with van der Waals surface area (Å²) >= 11 is 3.35. The Balaban J connectivity index is 1.77. The van der Waals surface area contributed by atoms with Crippen molar-refractivity contribution in [1.82, 2.24) is 0 Å². The van der Waals surface area contributed by atoms with Gasteiger partial charge in [-0.2, -0.15) is 0 Å². The average molecular weight is 378 g/mol. The number of nitrogens with one attached hydrogen (secondary N) is 1. The Kier molecular flexibility index (Phi) is 6.94. The fraction of sp³-hybridized carbons (Fsp3) is 0.278. The number of unbranched alkanes of at least 4 members (excludes halogenated alkanes) is 1. The van der Waals surface area contributed by atoms with Gasteiger partial charge in [-0.1, -0.05) is 29.3 Å². The van der Waals surface area contributed by atoms with Gasteiger partial charge in [-0.3, -0.25) is 4.79 Å². The Bertz CT molecular complexity index is 611. The van der Waals surface area contributed by atoms with Gasteiger partial charge >= 0.3 is 0 Å². The van der Waals surface area contributed by atoms with Gasteiger partial charge in [-0.15, -0.1) is 0 Å². The van der Waals surface area contributed by atoms with Crippen LogP contribution in [0.4, 0.5) is 5.69 Å². The predicted molar refractivity (Wildman–Crippen MR) is 95.1 cm³/mol. The second-order valence-electron chi connectivity index (χ2n) is 5.02. The maximum atomic E-state index is 11.9. The maximum Gasteiger partial charge on any atom is 0.262 e. The van der Waals surface area contributed by atoms with E-state index in [9.17, 15) is 4.79 Å². The van der Waals surface area contributed by atoms with Gasteiger partial charge in [-0.25, -0.2) is 0 Å². The molecule has 1 amide bonds. The number of rotatable bonds is 8. The summed E-state index contributed by atoms with van der Waals surface area (Å²) < 4.78 is 12.0. The van der Waals surface area contributed by atoms with E-state index in [1.54, 1.807) is 12.1 Å². The van der Waals surface area contributed by atoms with E-state index < -0.39 is 0 Å². The molecule has 122 valence electrons. The van der Waals surface area contributed by atoms with E-state index in [0.717, 1.165) is 28.8 Å². The molecular weight excluding hydrogens is 358 g/mol. The third-order valence-electron chi connectivity index (χ3n) is 3.09. The number of halogens is 1. The van der Waals surface area contributed by atoms with Crippen LogP contribution in [0.3, 0.4) is 0 Å². The maximum absolute atomic E-state index is 11.9. The topological polar surface area (TPSA) is 47.6 Å². The largest absolute Gasteiger partial charge is 0.494 e. The average Bonchev–Trinajstić information content (AvgIpc) is 2.56. The number of carbonyl (C=O) groups is 1. The van der Waals surface area contributed by atoms with E-state index in [1.807, 2.05) is 36.4 Å². The van der Waals surface area contributed by atoms with Gasteiger partial charge in [0.05, 0.1) is 6.61 Å². The SMILES string of the molecule is CCCCOc1ccc(NC(=O)COc2ccc(Br)cc2)cc1. The first-order valence-electron chi connectivity index (χ1n) is 7.58. The van der Waals surface area contributed by atoms with Crippen LogP contribution in [0.5, 0.6) is 11.5 Å². The molecule has 2 aromatic carbocycles. The Morgan fingerprint density at radius 3 is 2.26 bits per heavy atom. The minimum atomic E-state index is -0.201. The van der Waals surface area contributed by atoms with Crippen LogP contribution in [-0.2, 0) is 4.79 Å². The second kappa shape index (κ2) is 9.20. The molecule has 23 heavy (non-hydrogen) atoms. The van der Waals surface area contributed by atoms with Crippen molar-refractivity contribution in [2.45, 2.75) is 19.8 Å². The number of amides is 1. The number of carbonyl (C=O) groups excluding carboxylic acids is 1. The summed E-state index contributed by atoms with van der Waals surface area (Å²) in [5.41, 5.74) is 0.720. The Morgan fingerprint density at radius 2 is 1.61 bits per heavy atom. The van der Waals surface area contributed by atoms with Crippen LogP contribution in [-0.4, -0.2) is 19.1 Å². The number of ether oxygens (including phenoxy) is 2. The molecule has 0 radical (unpaired) electrons. The summed E-state index contributed by atoms with van der Waals surface area (Å²) in [7, 11) is 0.